The summed E-state index contributed by atoms with van der Waals surface area (Å²) < 4.78 is 12.8. The predicted octanol–water partition coefficient (Wildman–Crippen LogP) is 1.18. The van der Waals surface area contributed by atoms with Crippen molar-refractivity contribution in [3.05, 3.63) is 42.2 Å². The van der Waals surface area contributed by atoms with Gasteiger partial charge in [-0.05, 0) is 13.0 Å². The summed E-state index contributed by atoms with van der Waals surface area (Å²) in [6, 6.07) is 7.51. The monoisotopic (exact) mass is 291 g/mol. The Labute approximate surface area is 124 Å². The molecule has 114 valence electrons. The van der Waals surface area contributed by atoms with Gasteiger partial charge in [0.05, 0.1) is 12.4 Å². The van der Waals surface area contributed by atoms with Gasteiger partial charge in [0.1, 0.15) is 25.1 Å². The highest BCUT2D eigenvalue weighted by Crippen LogP contribution is 2.17. The zero-order chi connectivity index (χ0) is 15.1. The number of aliphatic hydroxyl groups excluding tert-OH is 1. The van der Waals surface area contributed by atoms with Crippen LogP contribution < -0.4 is 15.2 Å². The molecule has 3 N–H and O–H groups in total. The largest absolute Gasteiger partial charge is 0.490 e. The highest BCUT2D eigenvalue weighted by molar-refractivity contribution is 5.32. The third-order valence-corrected chi connectivity index (χ3v) is 3.00. The van der Waals surface area contributed by atoms with Crippen LogP contribution in [0.1, 0.15) is 12.5 Å². The highest BCUT2D eigenvalue weighted by Gasteiger charge is 2.09. The van der Waals surface area contributed by atoms with Gasteiger partial charge in [-0.2, -0.15) is 5.10 Å². The second-order valence-corrected chi connectivity index (χ2v) is 4.62. The Morgan fingerprint density at radius 1 is 1.29 bits per heavy atom. The van der Waals surface area contributed by atoms with Crippen molar-refractivity contribution in [3.8, 4) is 11.5 Å². The Balaban J connectivity index is 1.78. The average Bonchev–Trinajstić information content (AvgIpc) is 2.99. The molecule has 6 nitrogen and oxygen atoms in total. The van der Waals surface area contributed by atoms with E-state index in [-0.39, 0.29) is 13.2 Å². The molecule has 0 aliphatic heterocycles. The Kier molecular flexibility index (Phi) is 5.59. The summed E-state index contributed by atoms with van der Waals surface area (Å²) in [5.41, 5.74) is 6.54. The highest BCUT2D eigenvalue weighted by atomic mass is 16.5. The SMILES string of the molecule is CCn1cc(OCC(O)COc2ccccc2CN)cn1. The number of nitrogens with zero attached hydrogens (tertiary/aromatic N) is 2. The standard InChI is InChI=1S/C15H21N3O3/c1-2-18-9-14(8-17-18)20-10-13(19)11-21-15-6-4-3-5-12(15)7-16/h3-6,8-9,13,19H,2,7,10-11,16H2,1H3. The van der Waals surface area contributed by atoms with Gasteiger partial charge >= 0.3 is 0 Å². The van der Waals surface area contributed by atoms with Gasteiger partial charge in [-0.3, -0.25) is 4.68 Å². The first-order valence-electron chi connectivity index (χ1n) is 6.97. The van der Waals surface area contributed by atoms with Crippen molar-refractivity contribution in [1.29, 1.82) is 0 Å². The van der Waals surface area contributed by atoms with Crippen LogP contribution >= 0.6 is 0 Å². The van der Waals surface area contributed by atoms with E-state index in [1.165, 1.54) is 0 Å². The van der Waals surface area contributed by atoms with Crippen LogP contribution in [0.2, 0.25) is 0 Å². The third-order valence-electron chi connectivity index (χ3n) is 3.00. The van der Waals surface area contributed by atoms with Crippen molar-refractivity contribution in [2.75, 3.05) is 13.2 Å². The number of ether oxygens (including phenoxy) is 2. The fourth-order valence-corrected chi connectivity index (χ4v) is 1.83. The van der Waals surface area contributed by atoms with Gasteiger partial charge in [-0.1, -0.05) is 18.2 Å². The van der Waals surface area contributed by atoms with Gasteiger partial charge in [-0.15, -0.1) is 0 Å². The zero-order valence-corrected chi connectivity index (χ0v) is 12.1. The number of hydrogen-bond acceptors (Lipinski definition) is 5. The Morgan fingerprint density at radius 2 is 2.05 bits per heavy atom. The lowest BCUT2D eigenvalue weighted by molar-refractivity contribution is 0.0623. The summed E-state index contributed by atoms with van der Waals surface area (Å²) >= 11 is 0. The van der Waals surface area contributed by atoms with E-state index in [1.807, 2.05) is 31.2 Å². The van der Waals surface area contributed by atoms with Crippen LogP contribution in [0, 0.1) is 0 Å². The molecule has 0 bridgehead atoms. The lowest BCUT2D eigenvalue weighted by atomic mass is 10.2. The Bertz CT molecular complexity index is 557. The van der Waals surface area contributed by atoms with Gasteiger partial charge in [0, 0.05) is 18.7 Å². The van der Waals surface area contributed by atoms with Crippen LogP contribution in [0.25, 0.3) is 0 Å². The molecule has 0 saturated heterocycles. The minimum atomic E-state index is -0.721. The van der Waals surface area contributed by atoms with Crippen LogP contribution in [0.15, 0.2) is 36.7 Å². The lowest BCUT2D eigenvalue weighted by Gasteiger charge is -2.14. The zero-order valence-electron chi connectivity index (χ0n) is 12.1. The van der Waals surface area contributed by atoms with E-state index < -0.39 is 6.10 Å². The molecule has 1 heterocycles. The Morgan fingerprint density at radius 3 is 2.76 bits per heavy atom. The van der Waals surface area contributed by atoms with Gasteiger partial charge in [0.15, 0.2) is 5.75 Å². The van der Waals surface area contributed by atoms with Gasteiger partial charge in [-0.25, -0.2) is 0 Å². The van der Waals surface area contributed by atoms with Crippen molar-refractivity contribution >= 4 is 0 Å². The second kappa shape index (κ2) is 7.66. The number of aliphatic hydroxyl groups is 1. The molecule has 0 amide bonds. The molecule has 0 fully saturated rings. The van der Waals surface area contributed by atoms with E-state index in [2.05, 4.69) is 5.10 Å². The number of aryl methyl sites for hydroxylation is 1. The number of para-hydroxylation sites is 1. The predicted molar refractivity (Wildman–Crippen MR) is 79.2 cm³/mol. The maximum atomic E-state index is 9.89. The fourth-order valence-electron chi connectivity index (χ4n) is 1.83. The maximum absolute atomic E-state index is 9.89. The smallest absolute Gasteiger partial charge is 0.157 e. The van der Waals surface area contributed by atoms with Crippen LogP contribution in [0.5, 0.6) is 11.5 Å². The molecule has 0 spiro atoms. The van der Waals surface area contributed by atoms with E-state index in [0.29, 0.717) is 18.0 Å². The normalized spacial score (nSPS) is 12.1. The van der Waals surface area contributed by atoms with Crippen molar-refractivity contribution in [3.63, 3.8) is 0 Å². The topological polar surface area (TPSA) is 82.5 Å². The van der Waals surface area contributed by atoms with Gasteiger partial charge < -0.3 is 20.3 Å². The lowest BCUT2D eigenvalue weighted by Crippen LogP contribution is -2.25. The van der Waals surface area contributed by atoms with Gasteiger partial charge in [0.2, 0.25) is 0 Å². The molecule has 2 aromatic rings. The molecule has 1 unspecified atom stereocenters. The summed E-state index contributed by atoms with van der Waals surface area (Å²) in [7, 11) is 0. The summed E-state index contributed by atoms with van der Waals surface area (Å²) in [4.78, 5) is 0. The Hall–Kier alpha value is -2.05. The molecular weight excluding hydrogens is 270 g/mol. The molecule has 0 aliphatic carbocycles. The first kappa shape index (κ1) is 15.3. The second-order valence-electron chi connectivity index (χ2n) is 4.62. The van der Waals surface area contributed by atoms with E-state index in [0.717, 1.165) is 12.1 Å². The van der Waals surface area contributed by atoms with E-state index in [1.54, 1.807) is 17.1 Å². The van der Waals surface area contributed by atoms with Crippen molar-refractivity contribution in [2.24, 2.45) is 5.73 Å². The van der Waals surface area contributed by atoms with Gasteiger partial charge in [0.25, 0.3) is 0 Å². The summed E-state index contributed by atoms with van der Waals surface area (Å²) in [6.07, 6.45) is 2.69. The number of hydrogen-bond donors (Lipinski definition) is 2. The van der Waals surface area contributed by atoms with Crippen molar-refractivity contribution in [1.82, 2.24) is 9.78 Å². The van der Waals surface area contributed by atoms with Crippen LogP contribution in [0.4, 0.5) is 0 Å². The summed E-state index contributed by atoms with van der Waals surface area (Å²) in [5.74, 6) is 1.33. The van der Waals surface area contributed by atoms with Crippen LogP contribution in [-0.2, 0) is 13.1 Å². The maximum Gasteiger partial charge on any atom is 0.157 e. The minimum absolute atomic E-state index is 0.152. The molecule has 21 heavy (non-hydrogen) atoms. The number of benzene rings is 1. The van der Waals surface area contributed by atoms with Crippen molar-refractivity contribution < 1.29 is 14.6 Å². The number of rotatable bonds is 8. The van der Waals surface area contributed by atoms with Crippen molar-refractivity contribution in [2.45, 2.75) is 26.1 Å². The molecule has 0 saturated carbocycles. The molecule has 1 aromatic carbocycles. The molecule has 2 rings (SSSR count). The number of aromatic nitrogens is 2. The minimum Gasteiger partial charge on any atom is -0.490 e. The molecular formula is C15H21N3O3. The van der Waals surface area contributed by atoms with E-state index in [9.17, 15) is 5.11 Å². The molecule has 0 aliphatic rings. The van der Waals surface area contributed by atoms with Crippen LogP contribution in [-0.4, -0.2) is 34.2 Å². The third kappa shape index (κ3) is 4.47. The quantitative estimate of drug-likeness (QED) is 0.763. The summed E-state index contributed by atoms with van der Waals surface area (Å²) in [6.45, 7) is 3.48. The molecule has 6 heteroatoms. The van der Waals surface area contributed by atoms with Crippen LogP contribution in [0.3, 0.4) is 0 Å². The fraction of sp³-hybridized carbons (Fsp3) is 0.400. The first-order valence-corrected chi connectivity index (χ1v) is 6.97. The summed E-state index contributed by atoms with van der Waals surface area (Å²) in [5, 5.41) is 14.0. The molecule has 1 atom stereocenters. The van der Waals surface area contributed by atoms with E-state index in [4.69, 9.17) is 15.2 Å². The number of nitrogens with two attached hydrogens (primary N) is 1. The first-order chi connectivity index (χ1) is 10.2. The molecule has 1 aromatic heterocycles. The van der Waals surface area contributed by atoms with E-state index >= 15 is 0 Å². The average molecular weight is 291 g/mol. The molecule has 0 radical (unpaired) electrons.